The highest BCUT2D eigenvalue weighted by Gasteiger charge is 2.35. The molecule has 1 aromatic heterocycles. The third kappa shape index (κ3) is 4.49. The molecule has 2 amide bonds. The van der Waals surface area contributed by atoms with E-state index >= 15 is 0 Å². The van der Waals surface area contributed by atoms with Gasteiger partial charge in [-0.05, 0) is 35.1 Å². The van der Waals surface area contributed by atoms with Crippen LogP contribution >= 0.6 is 0 Å². The van der Waals surface area contributed by atoms with Crippen LogP contribution in [0.2, 0.25) is 0 Å². The summed E-state index contributed by atoms with van der Waals surface area (Å²) in [5.74, 6) is -2.07. The number of rotatable bonds is 7. The summed E-state index contributed by atoms with van der Waals surface area (Å²) in [4.78, 5) is 36.5. The monoisotopic (exact) mass is 475 g/mol. The van der Waals surface area contributed by atoms with Gasteiger partial charge in [0.1, 0.15) is 24.1 Å². The van der Waals surface area contributed by atoms with E-state index in [1.807, 2.05) is 36.4 Å². The summed E-state index contributed by atoms with van der Waals surface area (Å²) >= 11 is 0. The first-order valence-corrected chi connectivity index (χ1v) is 11.6. The number of alkyl carbamates (subject to hydrolysis) is 1. The Bertz CT molecular complexity index is 1220. The fourth-order valence-electron chi connectivity index (χ4n) is 5.05. The number of nitrogens with one attached hydrogen (secondary N) is 2. The first-order valence-electron chi connectivity index (χ1n) is 11.6. The maximum Gasteiger partial charge on any atom is 0.407 e. The molecule has 1 heterocycles. The summed E-state index contributed by atoms with van der Waals surface area (Å²) < 4.78 is 10.5. The number of hydrogen-bond acceptors (Lipinski definition) is 6. The summed E-state index contributed by atoms with van der Waals surface area (Å²) in [6.45, 7) is 0.104. The standard InChI is InChI=1S/C26H25N3O6/c30-24(28-22-11-5-10-19(22)25(31)32)21-14-35-29-23(21)12-27-26(33)34-13-20-17-8-3-1-6-15(17)16-7-2-4-9-18(16)20/h1-4,6-9,14,19-20,22H,5,10-13H2,(H,27,33)(H,28,30)(H,31,32). The molecule has 2 aliphatic carbocycles. The molecule has 1 fully saturated rings. The fraction of sp³-hybridized carbons (Fsp3) is 0.308. The van der Waals surface area contributed by atoms with Gasteiger partial charge in [-0.3, -0.25) is 9.59 Å². The Kier molecular flexibility index (Phi) is 6.22. The number of ether oxygens (including phenoxy) is 1. The number of aromatic nitrogens is 1. The molecule has 0 saturated heterocycles. The molecule has 9 heteroatoms. The molecule has 3 N–H and O–H groups in total. The van der Waals surface area contributed by atoms with Gasteiger partial charge in [0, 0.05) is 12.0 Å². The minimum Gasteiger partial charge on any atom is -0.481 e. The molecular formula is C26H25N3O6. The number of carbonyl (C=O) groups excluding carboxylic acids is 2. The number of fused-ring (bicyclic) bond motifs is 3. The van der Waals surface area contributed by atoms with Crippen LogP contribution < -0.4 is 10.6 Å². The van der Waals surface area contributed by atoms with E-state index in [0.717, 1.165) is 28.7 Å². The molecule has 5 rings (SSSR count). The van der Waals surface area contributed by atoms with E-state index in [-0.39, 0.29) is 30.3 Å². The minimum absolute atomic E-state index is 0.0601. The van der Waals surface area contributed by atoms with Gasteiger partial charge in [-0.25, -0.2) is 4.79 Å². The molecule has 35 heavy (non-hydrogen) atoms. The second-order valence-electron chi connectivity index (χ2n) is 8.81. The number of aliphatic carboxylic acids is 1. The zero-order valence-electron chi connectivity index (χ0n) is 18.9. The summed E-state index contributed by atoms with van der Waals surface area (Å²) in [7, 11) is 0. The van der Waals surface area contributed by atoms with Crippen LogP contribution in [0, 0.1) is 5.92 Å². The lowest BCUT2D eigenvalue weighted by Gasteiger charge is -2.17. The van der Waals surface area contributed by atoms with Crippen LogP contribution in [-0.4, -0.2) is 40.9 Å². The van der Waals surface area contributed by atoms with E-state index in [1.165, 1.54) is 6.26 Å². The van der Waals surface area contributed by atoms with Crippen molar-refractivity contribution in [2.75, 3.05) is 6.61 Å². The quantitative estimate of drug-likeness (QED) is 0.475. The second-order valence-corrected chi connectivity index (χ2v) is 8.81. The van der Waals surface area contributed by atoms with Crippen molar-refractivity contribution in [2.45, 2.75) is 37.8 Å². The van der Waals surface area contributed by atoms with Gasteiger partial charge in [0.05, 0.1) is 12.5 Å². The van der Waals surface area contributed by atoms with Crippen LogP contribution in [0.25, 0.3) is 11.1 Å². The Morgan fingerprint density at radius 1 is 1.03 bits per heavy atom. The van der Waals surface area contributed by atoms with Crippen LogP contribution in [0.4, 0.5) is 4.79 Å². The maximum atomic E-state index is 12.7. The van der Waals surface area contributed by atoms with Crippen LogP contribution in [0.1, 0.15) is 52.4 Å². The first-order chi connectivity index (χ1) is 17.0. The van der Waals surface area contributed by atoms with Gasteiger partial charge >= 0.3 is 12.1 Å². The van der Waals surface area contributed by atoms with E-state index in [2.05, 4.69) is 27.9 Å². The molecule has 3 aromatic rings. The van der Waals surface area contributed by atoms with Crippen LogP contribution in [0.3, 0.4) is 0 Å². The highest BCUT2D eigenvalue weighted by molar-refractivity contribution is 5.95. The van der Waals surface area contributed by atoms with Gasteiger partial charge in [-0.2, -0.15) is 0 Å². The maximum absolute atomic E-state index is 12.7. The molecule has 0 aliphatic heterocycles. The average Bonchev–Trinajstić information content (AvgIpc) is 3.59. The number of hydrogen-bond donors (Lipinski definition) is 3. The van der Waals surface area contributed by atoms with Crippen molar-refractivity contribution in [3.63, 3.8) is 0 Å². The second kappa shape index (κ2) is 9.61. The van der Waals surface area contributed by atoms with Crippen molar-refractivity contribution >= 4 is 18.0 Å². The smallest absolute Gasteiger partial charge is 0.407 e. The Hall–Kier alpha value is -4.14. The first kappa shape index (κ1) is 22.6. The molecule has 9 nitrogen and oxygen atoms in total. The lowest BCUT2D eigenvalue weighted by molar-refractivity contribution is -0.142. The minimum atomic E-state index is -0.921. The van der Waals surface area contributed by atoms with Crippen molar-refractivity contribution in [2.24, 2.45) is 5.92 Å². The normalized spacial score (nSPS) is 18.5. The van der Waals surface area contributed by atoms with E-state index in [0.29, 0.717) is 12.8 Å². The Morgan fingerprint density at radius 3 is 2.40 bits per heavy atom. The topological polar surface area (TPSA) is 131 Å². The van der Waals surface area contributed by atoms with Crippen LogP contribution in [-0.2, 0) is 16.1 Å². The summed E-state index contributed by atoms with van der Waals surface area (Å²) in [6.07, 6.45) is 2.42. The molecule has 1 saturated carbocycles. The predicted molar refractivity (Wildman–Crippen MR) is 125 cm³/mol. The van der Waals surface area contributed by atoms with E-state index < -0.39 is 29.9 Å². The van der Waals surface area contributed by atoms with E-state index in [9.17, 15) is 19.5 Å². The summed E-state index contributed by atoms with van der Waals surface area (Å²) in [5, 5.41) is 18.5. The lowest BCUT2D eigenvalue weighted by Crippen LogP contribution is -2.40. The van der Waals surface area contributed by atoms with Crippen molar-refractivity contribution in [3.8, 4) is 11.1 Å². The molecular weight excluding hydrogens is 450 g/mol. The molecule has 2 atom stereocenters. The highest BCUT2D eigenvalue weighted by Crippen LogP contribution is 2.44. The van der Waals surface area contributed by atoms with Gasteiger partial charge in [0.2, 0.25) is 0 Å². The third-order valence-electron chi connectivity index (χ3n) is 6.78. The van der Waals surface area contributed by atoms with Crippen LogP contribution in [0.5, 0.6) is 0 Å². The molecule has 0 spiro atoms. The summed E-state index contributed by atoms with van der Waals surface area (Å²) in [6, 6.07) is 15.7. The average molecular weight is 476 g/mol. The molecule has 0 radical (unpaired) electrons. The van der Waals surface area contributed by atoms with Gasteiger partial charge < -0.3 is 25.0 Å². The number of carboxylic acid groups (broad SMARTS) is 1. The Balaban J connectivity index is 1.18. The van der Waals surface area contributed by atoms with Crippen molar-refractivity contribution < 1.29 is 28.8 Å². The largest absolute Gasteiger partial charge is 0.481 e. The predicted octanol–water partition coefficient (Wildman–Crippen LogP) is 3.70. The molecule has 2 aliphatic rings. The molecule has 180 valence electrons. The van der Waals surface area contributed by atoms with Crippen LogP contribution in [0.15, 0.2) is 59.3 Å². The molecule has 2 unspecified atom stereocenters. The number of carbonyl (C=O) groups is 3. The number of carboxylic acids is 1. The van der Waals surface area contributed by atoms with Crippen molar-refractivity contribution in [1.29, 1.82) is 0 Å². The molecule has 2 aromatic carbocycles. The number of benzene rings is 2. The Labute approximate surface area is 201 Å². The van der Waals surface area contributed by atoms with E-state index in [4.69, 9.17) is 9.26 Å². The number of nitrogens with zero attached hydrogens (tertiary/aromatic N) is 1. The zero-order chi connectivity index (χ0) is 24.4. The Morgan fingerprint density at radius 2 is 1.71 bits per heavy atom. The van der Waals surface area contributed by atoms with Crippen molar-refractivity contribution in [1.82, 2.24) is 15.8 Å². The zero-order valence-corrected chi connectivity index (χ0v) is 18.9. The highest BCUT2D eigenvalue weighted by atomic mass is 16.5. The summed E-state index contributed by atoms with van der Waals surface area (Å²) in [5.41, 5.74) is 4.90. The lowest BCUT2D eigenvalue weighted by atomic mass is 9.98. The molecule has 0 bridgehead atoms. The van der Waals surface area contributed by atoms with Gasteiger partial charge in [-0.1, -0.05) is 60.1 Å². The van der Waals surface area contributed by atoms with E-state index in [1.54, 1.807) is 0 Å². The fourth-order valence-corrected chi connectivity index (χ4v) is 5.05. The number of amides is 2. The van der Waals surface area contributed by atoms with Crippen molar-refractivity contribution in [3.05, 3.63) is 77.2 Å². The van der Waals surface area contributed by atoms with Gasteiger partial charge in [-0.15, -0.1) is 0 Å². The van der Waals surface area contributed by atoms with Gasteiger partial charge in [0.15, 0.2) is 0 Å². The third-order valence-corrected chi connectivity index (χ3v) is 6.78. The van der Waals surface area contributed by atoms with Gasteiger partial charge in [0.25, 0.3) is 5.91 Å². The SMILES string of the molecule is O=C(NCc1nocc1C(=O)NC1CCCC1C(=O)O)OCC1c2ccccc2-c2ccccc21.